The first-order valence-electron chi connectivity index (χ1n) is 7.44. The molecule has 1 aromatic heterocycles. The van der Waals surface area contributed by atoms with Crippen LogP contribution in [-0.2, 0) is 6.54 Å². The minimum absolute atomic E-state index is 0.0480. The lowest BCUT2D eigenvalue weighted by molar-refractivity contribution is -0.384. The molecule has 7 heteroatoms. The minimum atomic E-state index is -0.392. The summed E-state index contributed by atoms with van der Waals surface area (Å²) in [4.78, 5) is 11.0. The van der Waals surface area contributed by atoms with E-state index in [9.17, 15) is 10.1 Å². The van der Waals surface area contributed by atoms with Crippen LogP contribution in [0.4, 0.5) is 11.5 Å². The van der Waals surface area contributed by atoms with E-state index in [0.717, 1.165) is 12.8 Å². The Balaban J connectivity index is 3.23. The number of nitrogens with one attached hydrogen (secondary N) is 1. The zero-order chi connectivity index (χ0) is 16.2. The fraction of sp³-hybridized carbons (Fsp3) is 0.786. The second-order valence-electron chi connectivity index (χ2n) is 6.25. The Hall–Kier alpha value is -1.63. The van der Waals surface area contributed by atoms with Gasteiger partial charge in [-0.2, -0.15) is 5.10 Å². The minimum Gasteiger partial charge on any atom is -0.358 e. The van der Waals surface area contributed by atoms with E-state index in [1.54, 1.807) is 11.6 Å². The molecule has 0 aromatic carbocycles. The van der Waals surface area contributed by atoms with Crippen molar-refractivity contribution < 1.29 is 4.92 Å². The first-order valence-corrected chi connectivity index (χ1v) is 7.44. The van der Waals surface area contributed by atoms with Gasteiger partial charge in [0, 0.05) is 18.6 Å². The predicted molar refractivity (Wildman–Crippen MR) is 84.4 cm³/mol. The van der Waals surface area contributed by atoms with Gasteiger partial charge >= 0.3 is 5.69 Å². The Morgan fingerprint density at radius 2 is 2.14 bits per heavy atom. The van der Waals surface area contributed by atoms with E-state index >= 15 is 0 Å². The third kappa shape index (κ3) is 4.17. The summed E-state index contributed by atoms with van der Waals surface area (Å²) in [5, 5.41) is 18.9. The van der Waals surface area contributed by atoms with Gasteiger partial charge in [0.05, 0.1) is 4.92 Å². The summed E-state index contributed by atoms with van der Waals surface area (Å²) in [7, 11) is 0. The molecule has 0 amide bonds. The molecule has 0 spiro atoms. The highest BCUT2D eigenvalue weighted by Crippen LogP contribution is 2.32. The van der Waals surface area contributed by atoms with Gasteiger partial charge in [-0.3, -0.25) is 10.1 Å². The molecule has 1 heterocycles. The highest BCUT2D eigenvalue weighted by molar-refractivity contribution is 5.60. The summed E-state index contributed by atoms with van der Waals surface area (Å²) >= 11 is 0. The standard InChI is InChI=1S/C14H27N5O2/c1-6-7-18-13(12(19(20)21)11(4)17-18)16-14(5,9-15)8-10(2)3/h10,16H,6-9,15H2,1-5H3. The maximum absolute atomic E-state index is 11.3. The fourth-order valence-electron chi connectivity index (χ4n) is 2.66. The van der Waals surface area contributed by atoms with Crippen molar-refractivity contribution in [3.05, 3.63) is 15.8 Å². The number of anilines is 1. The SMILES string of the molecule is CCCn1nc(C)c([N+](=O)[O-])c1NC(C)(CN)CC(C)C. The number of hydrogen-bond acceptors (Lipinski definition) is 5. The van der Waals surface area contributed by atoms with Gasteiger partial charge in [-0.25, -0.2) is 4.68 Å². The van der Waals surface area contributed by atoms with E-state index in [1.165, 1.54) is 0 Å². The number of aryl methyl sites for hydroxylation is 2. The van der Waals surface area contributed by atoms with Crippen molar-refractivity contribution in [1.29, 1.82) is 0 Å². The van der Waals surface area contributed by atoms with Crippen LogP contribution in [0.5, 0.6) is 0 Å². The molecule has 0 saturated carbocycles. The van der Waals surface area contributed by atoms with E-state index in [1.807, 2.05) is 13.8 Å². The summed E-state index contributed by atoms with van der Waals surface area (Å²) in [5.41, 5.74) is 5.98. The normalized spacial score (nSPS) is 14.2. The number of rotatable bonds is 8. The lowest BCUT2D eigenvalue weighted by Crippen LogP contribution is -2.44. The highest BCUT2D eigenvalue weighted by Gasteiger charge is 2.32. The lowest BCUT2D eigenvalue weighted by atomic mass is 9.90. The molecule has 0 fully saturated rings. The van der Waals surface area contributed by atoms with E-state index in [0.29, 0.717) is 30.5 Å². The van der Waals surface area contributed by atoms with E-state index < -0.39 is 5.54 Å². The summed E-state index contributed by atoms with van der Waals surface area (Å²) in [6.07, 6.45) is 1.69. The number of hydrogen-bond donors (Lipinski definition) is 2. The number of nitro groups is 1. The van der Waals surface area contributed by atoms with E-state index in [4.69, 9.17) is 5.73 Å². The Morgan fingerprint density at radius 3 is 2.57 bits per heavy atom. The van der Waals surface area contributed by atoms with Gasteiger partial charge in [-0.1, -0.05) is 20.8 Å². The van der Waals surface area contributed by atoms with Gasteiger partial charge in [-0.15, -0.1) is 0 Å². The first-order chi connectivity index (χ1) is 9.74. The average Bonchev–Trinajstić information content (AvgIpc) is 2.65. The van der Waals surface area contributed by atoms with Crippen LogP contribution in [0.3, 0.4) is 0 Å². The number of nitrogens with two attached hydrogens (primary N) is 1. The van der Waals surface area contributed by atoms with Crippen LogP contribution in [0.2, 0.25) is 0 Å². The van der Waals surface area contributed by atoms with Gasteiger partial charge < -0.3 is 11.1 Å². The Kier molecular flexibility index (Phi) is 5.71. The molecule has 1 unspecified atom stereocenters. The molecular weight excluding hydrogens is 270 g/mol. The summed E-state index contributed by atoms with van der Waals surface area (Å²) in [5.74, 6) is 0.904. The van der Waals surface area contributed by atoms with Crippen molar-refractivity contribution in [2.75, 3.05) is 11.9 Å². The Labute approximate surface area is 126 Å². The molecule has 0 radical (unpaired) electrons. The van der Waals surface area contributed by atoms with E-state index in [-0.39, 0.29) is 10.6 Å². The Morgan fingerprint density at radius 1 is 1.52 bits per heavy atom. The summed E-state index contributed by atoms with van der Waals surface area (Å²) < 4.78 is 1.68. The van der Waals surface area contributed by atoms with Crippen LogP contribution in [0.15, 0.2) is 0 Å². The molecular formula is C14H27N5O2. The quantitative estimate of drug-likeness (QED) is 0.567. The third-order valence-corrected chi connectivity index (χ3v) is 3.44. The second-order valence-corrected chi connectivity index (χ2v) is 6.25. The zero-order valence-corrected chi connectivity index (χ0v) is 13.6. The van der Waals surface area contributed by atoms with Crippen LogP contribution in [0, 0.1) is 23.0 Å². The van der Waals surface area contributed by atoms with Gasteiger partial charge in [0.25, 0.3) is 0 Å². The average molecular weight is 297 g/mol. The van der Waals surface area contributed by atoms with Gasteiger partial charge in [0.1, 0.15) is 5.69 Å². The molecule has 0 bridgehead atoms. The number of aromatic nitrogens is 2. The van der Waals surface area contributed by atoms with Crippen molar-refractivity contribution in [1.82, 2.24) is 9.78 Å². The highest BCUT2D eigenvalue weighted by atomic mass is 16.6. The smallest absolute Gasteiger partial charge is 0.333 e. The summed E-state index contributed by atoms with van der Waals surface area (Å²) in [6.45, 7) is 10.9. The topological polar surface area (TPSA) is 99.0 Å². The van der Waals surface area contributed by atoms with Crippen LogP contribution >= 0.6 is 0 Å². The van der Waals surface area contributed by atoms with Crippen LogP contribution in [0.25, 0.3) is 0 Å². The fourth-order valence-corrected chi connectivity index (χ4v) is 2.66. The predicted octanol–water partition coefficient (Wildman–Crippen LogP) is 2.69. The molecule has 1 atom stereocenters. The first kappa shape index (κ1) is 17.4. The van der Waals surface area contributed by atoms with Crippen molar-refractivity contribution >= 4 is 11.5 Å². The van der Waals surface area contributed by atoms with Crippen molar-refractivity contribution in [2.45, 2.75) is 59.5 Å². The second kappa shape index (κ2) is 6.89. The molecule has 0 saturated heterocycles. The molecule has 0 aliphatic heterocycles. The zero-order valence-electron chi connectivity index (χ0n) is 13.6. The number of nitrogens with zero attached hydrogens (tertiary/aromatic N) is 3. The van der Waals surface area contributed by atoms with Crippen LogP contribution in [-0.4, -0.2) is 26.8 Å². The van der Waals surface area contributed by atoms with E-state index in [2.05, 4.69) is 24.3 Å². The molecule has 120 valence electrons. The van der Waals surface area contributed by atoms with Gasteiger partial charge in [-0.05, 0) is 32.6 Å². The monoisotopic (exact) mass is 297 g/mol. The Bertz CT molecular complexity index is 498. The molecule has 0 aliphatic rings. The molecule has 21 heavy (non-hydrogen) atoms. The van der Waals surface area contributed by atoms with Crippen molar-refractivity contribution in [2.24, 2.45) is 11.7 Å². The lowest BCUT2D eigenvalue weighted by Gasteiger charge is -2.32. The van der Waals surface area contributed by atoms with Crippen LogP contribution in [0.1, 0.15) is 46.2 Å². The van der Waals surface area contributed by atoms with Gasteiger partial charge in [0.15, 0.2) is 0 Å². The summed E-state index contributed by atoms with van der Waals surface area (Å²) in [6, 6.07) is 0. The largest absolute Gasteiger partial charge is 0.358 e. The van der Waals surface area contributed by atoms with Gasteiger partial charge in [0.2, 0.25) is 5.82 Å². The molecule has 0 aliphatic carbocycles. The van der Waals surface area contributed by atoms with Crippen molar-refractivity contribution in [3.63, 3.8) is 0 Å². The maximum Gasteiger partial charge on any atom is 0.333 e. The molecule has 1 rings (SSSR count). The maximum atomic E-state index is 11.3. The third-order valence-electron chi connectivity index (χ3n) is 3.44. The van der Waals surface area contributed by atoms with Crippen molar-refractivity contribution in [3.8, 4) is 0 Å². The molecule has 7 nitrogen and oxygen atoms in total. The molecule has 1 aromatic rings. The molecule has 3 N–H and O–H groups in total. The van der Waals surface area contributed by atoms with Crippen LogP contribution < -0.4 is 11.1 Å².